The molecule has 1 atom stereocenters. The molecule has 8 aromatic carbocycles. The van der Waals surface area contributed by atoms with E-state index in [4.69, 9.17) is 15.0 Å². The van der Waals surface area contributed by atoms with Crippen molar-refractivity contribution >= 4 is 22.6 Å². The quantitative estimate of drug-likeness (QED) is 0.161. The number of hydrogen-bond donors (Lipinski definition) is 0. The van der Waals surface area contributed by atoms with Gasteiger partial charge in [0.2, 0.25) is 0 Å². The van der Waals surface area contributed by atoms with Gasteiger partial charge in [0, 0.05) is 22.4 Å². The minimum atomic E-state index is -0.461. The van der Waals surface area contributed by atoms with Crippen molar-refractivity contribution in [2.75, 3.05) is 4.90 Å². The smallest absolute Gasteiger partial charge is 0.164 e. The topological polar surface area (TPSA) is 41.9 Å². The summed E-state index contributed by atoms with van der Waals surface area (Å²) in [6.07, 6.45) is 4.45. The third-order valence-electron chi connectivity index (χ3n) is 12.5. The van der Waals surface area contributed by atoms with Crippen LogP contribution in [0.1, 0.15) is 36.1 Å². The molecule has 0 N–H and O–H groups in total. The first kappa shape index (κ1) is 37.1. The number of nitrogens with zero attached hydrogens (tertiary/aromatic N) is 4. The molecule has 62 heavy (non-hydrogen) atoms. The Hall–Kier alpha value is -7.95. The molecule has 0 bridgehead atoms. The number of aromatic nitrogens is 3. The second kappa shape index (κ2) is 15.3. The molecule has 294 valence electrons. The maximum Gasteiger partial charge on any atom is 0.164 e. The molecular formula is C58H42N4. The first-order valence-corrected chi connectivity index (χ1v) is 21.2. The fourth-order valence-electron chi connectivity index (χ4n) is 9.76. The van der Waals surface area contributed by atoms with Gasteiger partial charge in [0.25, 0.3) is 0 Å². The molecule has 0 saturated carbocycles. The van der Waals surface area contributed by atoms with Crippen molar-refractivity contribution in [1.82, 2.24) is 15.0 Å². The summed E-state index contributed by atoms with van der Waals surface area (Å²) in [7, 11) is 0. The van der Waals surface area contributed by atoms with Crippen LogP contribution in [0.5, 0.6) is 0 Å². The summed E-state index contributed by atoms with van der Waals surface area (Å²) < 4.78 is 0. The van der Waals surface area contributed by atoms with E-state index in [2.05, 4.69) is 207 Å². The standard InChI is InChI=1S/C58H42N4/c1-3-19-46-39(2)58(50-29-16-15-27-48(46)50)51-30-17-18-31-53(51)62(45-24-11-6-12-25-45)54-38-44(36-37-52(54)58)40-32-34-43(35-33-40)56-59-55(42-22-9-5-10-23-42)60-57(61-56)49-28-14-13-26-47(49)41-20-7-4-8-21-41/h3-38H,1-2H3/b19-3-. The third-order valence-corrected chi connectivity index (χ3v) is 12.5. The maximum absolute atomic E-state index is 5.16. The van der Waals surface area contributed by atoms with Crippen LogP contribution in [0, 0.1) is 0 Å². The molecule has 4 heteroatoms. The van der Waals surface area contributed by atoms with Gasteiger partial charge >= 0.3 is 0 Å². The fraction of sp³-hybridized carbons (Fsp3) is 0.0517. The average molecular weight is 795 g/mol. The molecule has 1 unspecified atom stereocenters. The molecule has 0 fully saturated rings. The molecular weight excluding hydrogens is 753 g/mol. The Morgan fingerprint density at radius 1 is 0.403 bits per heavy atom. The van der Waals surface area contributed by atoms with Crippen molar-refractivity contribution in [3.8, 4) is 56.4 Å². The van der Waals surface area contributed by atoms with Gasteiger partial charge in [-0.05, 0) is 93.8 Å². The van der Waals surface area contributed by atoms with Crippen molar-refractivity contribution < 1.29 is 0 Å². The van der Waals surface area contributed by atoms with Gasteiger partial charge in [-0.2, -0.15) is 0 Å². The Morgan fingerprint density at radius 3 is 1.60 bits per heavy atom. The second-order valence-electron chi connectivity index (χ2n) is 15.9. The van der Waals surface area contributed by atoms with E-state index in [0.29, 0.717) is 17.5 Å². The predicted octanol–water partition coefficient (Wildman–Crippen LogP) is 14.7. The fourth-order valence-corrected chi connectivity index (χ4v) is 9.76. The zero-order chi connectivity index (χ0) is 41.6. The number of allylic oxidation sites excluding steroid dienone is 4. The summed E-state index contributed by atoms with van der Waals surface area (Å²) in [5.74, 6) is 1.90. The zero-order valence-electron chi connectivity index (χ0n) is 34.6. The van der Waals surface area contributed by atoms with Crippen molar-refractivity contribution in [2.24, 2.45) is 0 Å². The Bertz CT molecular complexity index is 3190. The number of fused-ring (bicyclic) bond motifs is 6. The van der Waals surface area contributed by atoms with Crippen LogP contribution in [0.3, 0.4) is 0 Å². The van der Waals surface area contributed by atoms with Gasteiger partial charge in [-0.1, -0.05) is 194 Å². The van der Waals surface area contributed by atoms with Crippen LogP contribution in [0.4, 0.5) is 17.1 Å². The van der Waals surface area contributed by atoms with E-state index in [1.165, 1.54) is 44.8 Å². The van der Waals surface area contributed by atoms with Crippen LogP contribution in [0.2, 0.25) is 0 Å². The van der Waals surface area contributed by atoms with E-state index in [1.54, 1.807) is 0 Å². The molecule has 1 spiro atoms. The van der Waals surface area contributed by atoms with E-state index >= 15 is 0 Å². The number of para-hydroxylation sites is 2. The molecule has 0 saturated heterocycles. The molecule has 1 aliphatic heterocycles. The number of benzene rings is 8. The van der Waals surface area contributed by atoms with Crippen LogP contribution < -0.4 is 4.90 Å². The number of rotatable bonds is 7. The Morgan fingerprint density at radius 2 is 0.903 bits per heavy atom. The zero-order valence-corrected chi connectivity index (χ0v) is 34.6. The van der Waals surface area contributed by atoms with Crippen molar-refractivity contribution in [1.29, 1.82) is 0 Å². The monoisotopic (exact) mass is 794 g/mol. The van der Waals surface area contributed by atoms with Crippen LogP contribution in [0.25, 0.3) is 62.0 Å². The van der Waals surface area contributed by atoms with Crippen molar-refractivity contribution in [3.63, 3.8) is 0 Å². The molecule has 2 heterocycles. The number of hydrogen-bond acceptors (Lipinski definition) is 4. The highest BCUT2D eigenvalue weighted by Gasteiger charge is 2.51. The average Bonchev–Trinajstić information content (AvgIpc) is 3.59. The first-order chi connectivity index (χ1) is 30.6. The SMILES string of the molecule is C/C=C\C1=C(C)C2(c3ccccc31)c1ccccc1N(c1ccccc1)c1cc(-c3ccc(-c4nc(-c5ccccc5)nc(-c5ccccc5-c5ccccc5)n4)cc3)ccc12. The van der Waals surface area contributed by atoms with Gasteiger partial charge in [0.05, 0.1) is 16.8 Å². The second-order valence-corrected chi connectivity index (χ2v) is 15.9. The van der Waals surface area contributed by atoms with E-state index in [-0.39, 0.29) is 0 Å². The highest BCUT2D eigenvalue weighted by molar-refractivity contribution is 5.97. The third kappa shape index (κ3) is 5.95. The lowest BCUT2D eigenvalue weighted by Crippen LogP contribution is -2.36. The maximum atomic E-state index is 5.16. The van der Waals surface area contributed by atoms with Gasteiger partial charge < -0.3 is 4.90 Å². The number of anilines is 3. The van der Waals surface area contributed by atoms with Crippen molar-refractivity contribution in [3.05, 3.63) is 246 Å². The summed E-state index contributed by atoms with van der Waals surface area (Å²) >= 11 is 0. The highest BCUT2D eigenvalue weighted by atomic mass is 15.2. The summed E-state index contributed by atoms with van der Waals surface area (Å²) in [6, 6.07) is 73.3. The van der Waals surface area contributed by atoms with Gasteiger partial charge in [-0.3, -0.25) is 0 Å². The Kier molecular flexibility index (Phi) is 9.13. The lowest BCUT2D eigenvalue weighted by Gasteiger charge is -2.45. The minimum absolute atomic E-state index is 0.461. The molecule has 0 amide bonds. The highest BCUT2D eigenvalue weighted by Crippen LogP contribution is 2.62. The van der Waals surface area contributed by atoms with Gasteiger partial charge in [0.1, 0.15) is 0 Å². The first-order valence-electron chi connectivity index (χ1n) is 21.2. The summed E-state index contributed by atoms with van der Waals surface area (Å²) in [5.41, 5.74) is 18.1. The van der Waals surface area contributed by atoms with Crippen LogP contribution >= 0.6 is 0 Å². The minimum Gasteiger partial charge on any atom is -0.310 e. The summed E-state index contributed by atoms with van der Waals surface area (Å²) in [6.45, 7) is 4.44. The molecule has 9 aromatic rings. The Balaban J connectivity index is 1.06. The Labute approximate surface area is 362 Å². The van der Waals surface area contributed by atoms with E-state index < -0.39 is 5.41 Å². The van der Waals surface area contributed by atoms with Crippen LogP contribution in [-0.4, -0.2) is 15.0 Å². The summed E-state index contributed by atoms with van der Waals surface area (Å²) in [4.78, 5) is 17.7. The lowest BCUT2D eigenvalue weighted by atomic mass is 9.64. The summed E-state index contributed by atoms with van der Waals surface area (Å²) in [5, 5.41) is 0. The lowest BCUT2D eigenvalue weighted by molar-refractivity contribution is 0.729. The van der Waals surface area contributed by atoms with E-state index in [1.807, 2.05) is 30.3 Å². The van der Waals surface area contributed by atoms with Gasteiger partial charge in [-0.25, -0.2) is 15.0 Å². The van der Waals surface area contributed by atoms with E-state index in [0.717, 1.165) is 44.6 Å². The molecule has 2 aliphatic rings. The predicted molar refractivity (Wildman–Crippen MR) is 255 cm³/mol. The normalized spacial score (nSPS) is 15.2. The molecule has 4 nitrogen and oxygen atoms in total. The molecule has 11 rings (SSSR count). The van der Waals surface area contributed by atoms with Gasteiger partial charge in [0.15, 0.2) is 17.5 Å². The largest absolute Gasteiger partial charge is 0.310 e. The van der Waals surface area contributed by atoms with E-state index in [9.17, 15) is 0 Å². The molecule has 1 aliphatic carbocycles. The van der Waals surface area contributed by atoms with Gasteiger partial charge in [-0.15, -0.1) is 0 Å². The molecule has 1 aromatic heterocycles. The van der Waals surface area contributed by atoms with Crippen LogP contribution in [-0.2, 0) is 5.41 Å². The van der Waals surface area contributed by atoms with Crippen molar-refractivity contribution in [2.45, 2.75) is 19.3 Å². The van der Waals surface area contributed by atoms with Crippen LogP contribution in [0.15, 0.2) is 224 Å². The molecule has 0 radical (unpaired) electrons.